The van der Waals surface area contributed by atoms with E-state index in [4.69, 9.17) is 9.84 Å². The maximum Gasteiger partial charge on any atom is 0.303 e. The molecule has 19 heavy (non-hydrogen) atoms. The topological polar surface area (TPSA) is 75.6 Å². The van der Waals surface area contributed by atoms with Crippen molar-refractivity contribution in [3.63, 3.8) is 0 Å². The number of amides is 1. The summed E-state index contributed by atoms with van der Waals surface area (Å²) in [5.74, 6) is -0.470. The summed E-state index contributed by atoms with van der Waals surface area (Å²) in [7, 11) is 1.57. The number of carbonyl (C=O) groups is 2. The molecule has 0 spiro atoms. The van der Waals surface area contributed by atoms with Crippen molar-refractivity contribution in [1.82, 2.24) is 5.32 Å². The van der Waals surface area contributed by atoms with Crippen molar-refractivity contribution in [2.75, 3.05) is 13.7 Å². The average Bonchev–Trinajstić information content (AvgIpc) is 2.35. The fraction of sp³-hybridized carbons (Fsp3) is 0.385. The van der Waals surface area contributed by atoms with Gasteiger partial charge in [0.15, 0.2) is 0 Å². The molecule has 1 rings (SSSR count). The molecule has 0 saturated heterocycles. The van der Waals surface area contributed by atoms with Crippen LogP contribution in [0.3, 0.4) is 0 Å². The lowest BCUT2D eigenvalue weighted by atomic mass is 10.1. The van der Waals surface area contributed by atoms with Gasteiger partial charge in [-0.25, -0.2) is 0 Å². The highest BCUT2D eigenvalue weighted by Gasteiger charge is 2.13. The van der Waals surface area contributed by atoms with E-state index in [1.807, 2.05) is 0 Å². The molecular formula is C13H16INO4. The van der Waals surface area contributed by atoms with Crippen LogP contribution < -0.4 is 10.1 Å². The van der Waals surface area contributed by atoms with Gasteiger partial charge in [-0.15, -0.1) is 0 Å². The quantitative estimate of drug-likeness (QED) is 0.745. The molecule has 5 nitrogen and oxygen atoms in total. The Labute approximate surface area is 125 Å². The zero-order valence-corrected chi connectivity index (χ0v) is 12.9. The van der Waals surface area contributed by atoms with Crippen LogP contribution in [0.1, 0.15) is 23.7 Å². The van der Waals surface area contributed by atoms with Crippen LogP contribution >= 0.6 is 22.6 Å². The highest BCUT2D eigenvalue weighted by atomic mass is 127. The van der Waals surface area contributed by atoms with Gasteiger partial charge in [0.05, 0.1) is 12.7 Å². The van der Waals surface area contributed by atoms with Crippen LogP contribution in [0.4, 0.5) is 0 Å². The molecule has 1 amide bonds. The Balaban J connectivity index is 2.61. The fourth-order valence-corrected chi connectivity index (χ4v) is 2.27. The molecule has 0 radical (unpaired) electrons. The number of nitrogens with one attached hydrogen (secondary N) is 1. The smallest absolute Gasteiger partial charge is 0.303 e. The van der Waals surface area contributed by atoms with E-state index in [2.05, 4.69) is 27.9 Å². The fourth-order valence-electron chi connectivity index (χ4n) is 1.54. The SMILES string of the molecule is COc1ccc(C(=O)NCC(C)CC(=O)O)c(I)c1. The predicted octanol–water partition coefficient (Wildman–Crippen LogP) is 2.14. The lowest BCUT2D eigenvalue weighted by molar-refractivity contribution is -0.137. The monoisotopic (exact) mass is 377 g/mol. The van der Waals surface area contributed by atoms with Gasteiger partial charge in [0.2, 0.25) is 0 Å². The molecule has 0 bridgehead atoms. The van der Waals surface area contributed by atoms with Gasteiger partial charge in [-0.3, -0.25) is 9.59 Å². The predicted molar refractivity (Wildman–Crippen MR) is 79.5 cm³/mol. The Bertz CT molecular complexity index is 476. The average molecular weight is 377 g/mol. The van der Waals surface area contributed by atoms with Gasteiger partial charge in [-0.05, 0) is 46.7 Å². The Kier molecular flexibility index (Phi) is 6.07. The van der Waals surface area contributed by atoms with E-state index in [1.54, 1.807) is 32.2 Å². The van der Waals surface area contributed by atoms with E-state index in [-0.39, 0.29) is 18.2 Å². The van der Waals surface area contributed by atoms with Crippen LogP contribution in [-0.2, 0) is 4.79 Å². The van der Waals surface area contributed by atoms with Gasteiger partial charge in [0.1, 0.15) is 5.75 Å². The second kappa shape index (κ2) is 7.32. The van der Waals surface area contributed by atoms with Crippen molar-refractivity contribution in [2.45, 2.75) is 13.3 Å². The van der Waals surface area contributed by atoms with Crippen molar-refractivity contribution >= 4 is 34.5 Å². The lowest BCUT2D eigenvalue weighted by Gasteiger charge is -2.11. The normalized spacial score (nSPS) is 11.7. The summed E-state index contributed by atoms with van der Waals surface area (Å²) in [5, 5.41) is 11.4. The molecule has 0 aliphatic heterocycles. The molecule has 0 fully saturated rings. The molecule has 104 valence electrons. The number of ether oxygens (including phenoxy) is 1. The number of hydrogen-bond acceptors (Lipinski definition) is 3. The van der Waals surface area contributed by atoms with Gasteiger partial charge in [-0.2, -0.15) is 0 Å². The highest BCUT2D eigenvalue weighted by Crippen LogP contribution is 2.19. The number of benzene rings is 1. The number of methoxy groups -OCH3 is 1. The van der Waals surface area contributed by atoms with Gasteiger partial charge in [-0.1, -0.05) is 6.92 Å². The summed E-state index contributed by atoms with van der Waals surface area (Å²) >= 11 is 2.07. The summed E-state index contributed by atoms with van der Waals surface area (Å²) in [4.78, 5) is 22.5. The van der Waals surface area contributed by atoms with Crippen LogP contribution in [0.15, 0.2) is 18.2 Å². The van der Waals surface area contributed by atoms with Crippen molar-refractivity contribution in [3.05, 3.63) is 27.3 Å². The molecule has 2 N–H and O–H groups in total. The second-order valence-corrected chi connectivity index (χ2v) is 5.42. The summed E-state index contributed by atoms with van der Waals surface area (Å²) < 4.78 is 5.86. The van der Waals surface area contributed by atoms with Crippen molar-refractivity contribution < 1.29 is 19.4 Å². The van der Waals surface area contributed by atoms with E-state index in [1.165, 1.54) is 0 Å². The molecule has 0 saturated carbocycles. The summed E-state index contributed by atoms with van der Waals surface area (Å²) in [6.07, 6.45) is 0.0417. The first-order chi connectivity index (χ1) is 8.93. The van der Waals surface area contributed by atoms with Gasteiger partial charge < -0.3 is 15.2 Å². The molecule has 1 aromatic carbocycles. The Hall–Kier alpha value is -1.31. The number of rotatable bonds is 6. The van der Waals surface area contributed by atoms with E-state index < -0.39 is 5.97 Å². The largest absolute Gasteiger partial charge is 0.497 e. The van der Waals surface area contributed by atoms with Crippen molar-refractivity contribution in [1.29, 1.82) is 0 Å². The summed E-state index contributed by atoms with van der Waals surface area (Å²) in [6.45, 7) is 2.13. The Morgan fingerprint density at radius 3 is 2.68 bits per heavy atom. The van der Waals surface area contributed by atoms with E-state index in [0.717, 1.165) is 3.57 Å². The molecule has 1 atom stereocenters. The maximum absolute atomic E-state index is 12.0. The van der Waals surface area contributed by atoms with Crippen molar-refractivity contribution in [2.24, 2.45) is 5.92 Å². The third-order valence-electron chi connectivity index (χ3n) is 2.56. The number of hydrogen-bond donors (Lipinski definition) is 2. The summed E-state index contributed by atoms with van der Waals surface area (Å²) in [6, 6.07) is 5.19. The minimum atomic E-state index is -0.860. The number of aliphatic carboxylic acids is 1. The molecule has 1 unspecified atom stereocenters. The first-order valence-electron chi connectivity index (χ1n) is 5.77. The van der Waals surface area contributed by atoms with E-state index >= 15 is 0 Å². The van der Waals surface area contributed by atoms with E-state index in [0.29, 0.717) is 17.9 Å². The lowest BCUT2D eigenvalue weighted by Crippen LogP contribution is -2.29. The molecule has 0 heterocycles. The summed E-state index contributed by atoms with van der Waals surface area (Å²) in [5.41, 5.74) is 0.559. The standard InChI is InChI=1S/C13H16INO4/c1-8(5-12(16)17)7-15-13(18)10-4-3-9(19-2)6-11(10)14/h3-4,6,8H,5,7H2,1-2H3,(H,15,18)(H,16,17). The van der Waals surface area contributed by atoms with Crippen LogP contribution in [0.25, 0.3) is 0 Å². The van der Waals surface area contributed by atoms with Crippen LogP contribution in [0.2, 0.25) is 0 Å². The molecule has 6 heteroatoms. The first kappa shape index (κ1) is 15.7. The van der Waals surface area contributed by atoms with Gasteiger partial charge >= 0.3 is 5.97 Å². The molecule has 0 aliphatic carbocycles. The third kappa shape index (κ3) is 5.06. The molecular weight excluding hydrogens is 361 g/mol. The van der Waals surface area contributed by atoms with Crippen LogP contribution in [0, 0.1) is 9.49 Å². The number of carbonyl (C=O) groups excluding carboxylic acids is 1. The molecule has 0 aliphatic rings. The van der Waals surface area contributed by atoms with Gasteiger partial charge in [0.25, 0.3) is 5.91 Å². The minimum Gasteiger partial charge on any atom is -0.497 e. The number of carboxylic acid groups (broad SMARTS) is 1. The second-order valence-electron chi connectivity index (χ2n) is 4.26. The highest BCUT2D eigenvalue weighted by molar-refractivity contribution is 14.1. The number of carboxylic acids is 1. The van der Waals surface area contributed by atoms with E-state index in [9.17, 15) is 9.59 Å². The third-order valence-corrected chi connectivity index (χ3v) is 3.45. The zero-order chi connectivity index (χ0) is 14.4. The number of halogens is 1. The Morgan fingerprint density at radius 2 is 2.16 bits per heavy atom. The van der Waals surface area contributed by atoms with Crippen LogP contribution in [0.5, 0.6) is 5.75 Å². The van der Waals surface area contributed by atoms with Crippen LogP contribution in [-0.4, -0.2) is 30.6 Å². The first-order valence-corrected chi connectivity index (χ1v) is 6.85. The van der Waals surface area contributed by atoms with Gasteiger partial charge in [0, 0.05) is 16.5 Å². The zero-order valence-electron chi connectivity index (χ0n) is 10.8. The molecule has 1 aromatic rings. The maximum atomic E-state index is 12.0. The Morgan fingerprint density at radius 1 is 1.47 bits per heavy atom. The minimum absolute atomic E-state index is 0.0417. The van der Waals surface area contributed by atoms with Crippen molar-refractivity contribution in [3.8, 4) is 5.75 Å². The molecule has 0 aromatic heterocycles.